The molecule has 0 radical (unpaired) electrons. The van der Waals surface area contributed by atoms with Crippen LogP contribution in [-0.2, 0) is 11.8 Å². The second-order valence-corrected chi connectivity index (χ2v) is 6.05. The van der Waals surface area contributed by atoms with E-state index < -0.39 is 0 Å². The van der Waals surface area contributed by atoms with Crippen molar-refractivity contribution in [3.05, 3.63) is 23.7 Å². The minimum Gasteiger partial charge on any atom is -0.349 e. The van der Waals surface area contributed by atoms with Crippen molar-refractivity contribution < 1.29 is 9.59 Å². The van der Waals surface area contributed by atoms with Gasteiger partial charge in [-0.2, -0.15) is 0 Å². The molecule has 1 fully saturated rings. The number of nitrogens with zero attached hydrogens (tertiary/aromatic N) is 2. The minimum atomic E-state index is -0.304. The third-order valence-corrected chi connectivity index (χ3v) is 4.04. The highest BCUT2D eigenvalue weighted by molar-refractivity contribution is 7.14. The largest absolute Gasteiger partial charge is 0.349 e. The normalized spacial score (nSPS) is 13.7. The summed E-state index contributed by atoms with van der Waals surface area (Å²) < 4.78 is 1.96. The Morgan fingerprint density at radius 2 is 2.27 bits per heavy atom. The number of urea groups is 1. The number of thiazole rings is 1. The fraction of sp³-hybridized carbons (Fsp3) is 0.357. The van der Waals surface area contributed by atoms with Gasteiger partial charge in [-0.15, -0.1) is 11.3 Å². The lowest BCUT2D eigenvalue weighted by atomic mass is 10.3. The molecule has 3 amide bonds. The van der Waals surface area contributed by atoms with Crippen LogP contribution < -0.4 is 16.0 Å². The molecule has 8 heteroatoms. The van der Waals surface area contributed by atoms with Gasteiger partial charge < -0.3 is 20.5 Å². The summed E-state index contributed by atoms with van der Waals surface area (Å²) in [6, 6.07) is 3.87. The lowest BCUT2D eigenvalue weighted by Gasteiger charge is -2.06. The Labute approximate surface area is 131 Å². The van der Waals surface area contributed by atoms with Crippen LogP contribution in [0.15, 0.2) is 23.7 Å². The van der Waals surface area contributed by atoms with Crippen LogP contribution in [0, 0.1) is 0 Å². The van der Waals surface area contributed by atoms with Crippen LogP contribution in [-0.4, -0.2) is 34.1 Å². The molecule has 0 unspecified atom stereocenters. The summed E-state index contributed by atoms with van der Waals surface area (Å²) in [6.45, 7) is -0.0718. The molecule has 116 valence electrons. The number of hydrogen-bond acceptors (Lipinski definition) is 4. The topological polar surface area (TPSA) is 88.0 Å². The van der Waals surface area contributed by atoms with Gasteiger partial charge >= 0.3 is 6.03 Å². The van der Waals surface area contributed by atoms with E-state index in [2.05, 4.69) is 20.9 Å². The number of nitrogens with one attached hydrogen (secondary N) is 3. The molecule has 1 aliphatic rings. The molecular weight excluding hydrogens is 302 g/mol. The summed E-state index contributed by atoms with van der Waals surface area (Å²) in [5.74, 6) is -0.293. The highest BCUT2D eigenvalue weighted by Crippen LogP contribution is 2.24. The second-order valence-electron chi connectivity index (χ2n) is 5.19. The zero-order valence-corrected chi connectivity index (χ0v) is 12.9. The van der Waals surface area contributed by atoms with Crippen molar-refractivity contribution in [1.29, 1.82) is 0 Å². The highest BCUT2D eigenvalue weighted by Gasteiger charge is 2.23. The van der Waals surface area contributed by atoms with E-state index in [0.29, 0.717) is 5.13 Å². The van der Waals surface area contributed by atoms with Crippen LogP contribution in [0.5, 0.6) is 0 Å². The number of aryl methyl sites for hydroxylation is 1. The van der Waals surface area contributed by atoms with Gasteiger partial charge in [-0.05, 0) is 25.0 Å². The maximum Gasteiger partial charge on any atom is 0.315 e. The fourth-order valence-corrected chi connectivity index (χ4v) is 2.68. The molecule has 2 aromatic heterocycles. The summed E-state index contributed by atoms with van der Waals surface area (Å²) in [5, 5.41) is 10.4. The summed E-state index contributed by atoms with van der Waals surface area (Å²) in [5.41, 5.74) is 1.80. The third-order valence-electron chi connectivity index (χ3n) is 3.28. The molecule has 0 atom stereocenters. The Kier molecular flexibility index (Phi) is 4.10. The van der Waals surface area contributed by atoms with Gasteiger partial charge in [-0.1, -0.05) is 0 Å². The quantitative estimate of drug-likeness (QED) is 0.781. The molecule has 0 aromatic carbocycles. The molecule has 3 rings (SSSR count). The van der Waals surface area contributed by atoms with Crippen LogP contribution >= 0.6 is 11.3 Å². The van der Waals surface area contributed by atoms with Gasteiger partial charge in [0.1, 0.15) is 0 Å². The number of hydrogen-bond donors (Lipinski definition) is 3. The van der Waals surface area contributed by atoms with Crippen LogP contribution in [0.2, 0.25) is 0 Å². The molecule has 2 aromatic rings. The van der Waals surface area contributed by atoms with Gasteiger partial charge in [-0.25, -0.2) is 9.78 Å². The Morgan fingerprint density at radius 3 is 2.95 bits per heavy atom. The first-order valence-electron chi connectivity index (χ1n) is 7.03. The minimum absolute atomic E-state index is 0.0718. The van der Waals surface area contributed by atoms with E-state index in [1.807, 2.05) is 35.3 Å². The van der Waals surface area contributed by atoms with E-state index in [9.17, 15) is 9.59 Å². The predicted octanol–water partition coefficient (Wildman–Crippen LogP) is 1.55. The Morgan fingerprint density at radius 1 is 1.45 bits per heavy atom. The number of carbonyl (C=O) groups is 2. The van der Waals surface area contributed by atoms with Gasteiger partial charge in [0.15, 0.2) is 5.13 Å². The molecule has 22 heavy (non-hydrogen) atoms. The number of amides is 3. The standard InChI is InChI=1S/C14H17N5O2S/c1-19-6-2-3-11(19)10-8-22-14(17-10)18-12(20)7-15-13(21)16-9-4-5-9/h2-3,6,8-9H,4-5,7H2,1H3,(H2,15,16,21)(H,17,18,20). The second kappa shape index (κ2) is 6.18. The van der Waals surface area contributed by atoms with Crippen molar-refractivity contribution in [2.75, 3.05) is 11.9 Å². The summed E-state index contributed by atoms with van der Waals surface area (Å²) in [4.78, 5) is 27.6. The van der Waals surface area contributed by atoms with Crippen molar-refractivity contribution in [3.63, 3.8) is 0 Å². The van der Waals surface area contributed by atoms with E-state index in [4.69, 9.17) is 0 Å². The predicted molar refractivity (Wildman–Crippen MR) is 84.7 cm³/mol. The zero-order chi connectivity index (χ0) is 15.5. The molecule has 2 heterocycles. The van der Waals surface area contributed by atoms with E-state index in [1.165, 1.54) is 11.3 Å². The fourth-order valence-electron chi connectivity index (χ4n) is 1.96. The Hall–Kier alpha value is -2.35. The number of carbonyl (C=O) groups excluding carboxylic acids is 2. The summed E-state index contributed by atoms with van der Waals surface area (Å²) in [7, 11) is 1.94. The van der Waals surface area contributed by atoms with Crippen molar-refractivity contribution >= 4 is 28.4 Å². The maximum atomic E-state index is 11.8. The first-order chi connectivity index (χ1) is 10.6. The van der Waals surface area contributed by atoms with E-state index in [-0.39, 0.29) is 24.5 Å². The van der Waals surface area contributed by atoms with Crippen LogP contribution in [0.1, 0.15) is 12.8 Å². The van der Waals surface area contributed by atoms with Crippen molar-refractivity contribution in [2.45, 2.75) is 18.9 Å². The first kappa shape index (κ1) is 14.6. The van der Waals surface area contributed by atoms with Crippen LogP contribution in [0.4, 0.5) is 9.93 Å². The molecule has 7 nitrogen and oxygen atoms in total. The number of rotatable bonds is 5. The average Bonchev–Trinajstić information content (AvgIpc) is 2.99. The van der Waals surface area contributed by atoms with Gasteiger partial charge in [0.05, 0.1) is 17.9 Å². The molecule has 0 aliphatic heterocycles. The van der Waals surface area contributed by atoms with E-state index >= 15 is 0 Å². The molecule has 0 bridgehead atoms. The molecule has 0 spiro atoms. The molecule has 1 saturated carbocycles. The Bertz CT molecular complexity index is 689. The van der Waals surface area contributed by atoms with E-state index in [0.717, 1.165) is 24.2 Å². The SMILES string of the molecule is Cn1cccc1-c1csc(NC(=O)CNC(=O)NC2CC2)n1. The summed E-state index contributed by atoms with van der Waals surface area (Å²) in [6.07, 6.45) is 3.97. The average molecular weight is 319 g/mol. The van der Waals surface area contributed by atoms with Gasteiger partial charge in [0.2, 0.25) is 5.91 Å². The van der Waals surface area contributed by atoms with Gasteiger partial charge in [0.25, 0.3) is 0 Å². The monoisotopic (exact) mass is 319 g/mol. The van der Waals surface area contributed by atoms with Crippen molar-refractivity contribution in [1.82, 2.24) is 20.2 Å². The molecule has 0 saturated heterocycles. The van der Waals surface area contributed by atoms with Gasteiger partial charge in [0, 0.05) is 24.7 Å². The summed E-state index contributed by atoms with van der Waals surface area (Å²) >= 11 is 1.36. The number of anilines is 1. The zero-order valence-electron chi connectivity index (χ0n) is 12.1. The van der Waals surface area contributed by atoms with E-state index in [1.54, 1.807) is 0 Å². The number of aromatic nitrogens is 2. The maximum absolute atomic E-state index is 11.8. The van der Waals surface area contributed by atoms with Crippen molar-refractivity contribution in [2.24, 2.45) is 7.05 Å². The molecular formula is C14H17N5O2S. The third kappa shape index (κ3) is 3.64. The van der Waals surface area contributed by atoms with Crippen LogP contribution in [0.3, 0.4) is 0 Å². The smallest absolute Gasteiger partial charge is 0.315 e. The van der Waals surface area contributed by atoms with Crippen LogP contribution in [0.25, 0.3) is 11.4 Å². The first-order valence-corrected chi connectivity index (χ1v) is 7.91. The highest BCUT2D eigenvalue weighted by atomic mass is 32.1. The van der Waals surface area contributed by atoms with Crippen molar-refractivity contribution in [3.8, 4) is 11.4 Å². The van der Waals surface area contributed by atoms with Gasteiger partial charge in [-0.3, -0.25) is 4.79 Å². The lowest BCUT2D eigenvalue weighted by Crippen LogP contribution is -2.40. The lowest BCUT2D eigenvalue weighted by molar-refractivity contribution is -0.115. The Balaban J connectivity index is 1.50. The molecule has 1 aliphatic carbocycles. The molecule has 3 N–H and O–H groups in total.